The molecule has 0 heterocycles. The zero-order valence-electron chi connectivity index (χ0n) is 12.5. The van der Waals surface area contributed by atoms with Crippen LogP contribution in [0.2, 0.25) is 0 Å². The topological polar surface area (TPSA) is 84.5 Å². The van der Waals surface area contributed by atoms with Gasteiger partial charge in [-0.1, -0.05) is 36.4 Å². The molecule has 23 heavy (non-hydrogen) atoms. The number of nitrogens with one attached hydrogen (secondary N) is 2. The van der Waals surface area contributed by atoms with Crippen molar-refractivity contribution in [3.63, 3.8) is 0 Å². The maximum Gasteiger partial charge on any atom is 0.338 e. The highest BCUT2D eigenvalue weighted by Crippen LogP contribution is 2.08. The molecule has 0 spiro atoms. The van der Waals surface area contributed by atoms with Crippen LogP contribution in [0, 0.1) is 6.92 Å². The van der Waals surface area contributed by atoms with Gasteiger partial charge in [-0.05, 0) is 30.7 Å². The molecule has 2 aromatic rings. The first-order valence-electron chi connectivity index (χ1n) is 6.95. The molecular weight excluding hydrogens is 296 g/mol. The Morgan fingerprint density at radius 3 is 2.26 bits per heavy atom. The molecule has 6 heteroatoms. The van der Waals surface area contributed by atoms with Gasteiger partial charge in [0.15, 0.2) is 6.61 Å². The molecule has 6 nitrogen and oxygen atoms in total. The summed E-state index contributed by atoms with van der Waals surface area (Å²) in [7, 11) is 0. The normalized spacial score (nSPS) is 9.78. The summed E-state index contributed by atoms with van der Waals surface area (Å²) >= 11 is 0. The fraction of sp³-hybridized carbons (Fsp3) is 0.118. The number of rotatable bonds is 4. The van der Waals surface area contributed by atoms with E-state index in [9.17, 15) is 14.4 Å². The van der Waals surface area contributed by atoms with E-state index in [0.29, 0.717) is 11.1 Å². The Bertz CT molecular complexity index is 714. The minimum atomic E-state index is -0.629. The number of benzene rings is 2. The summed E-state index contributed by atoms with van der Waals surface area (Å²) < 4.78 is 4.91. The minimum absolute atomic E-state index is 0.397. The molecule has 0 aliphatic carbocycles. The summed E-state index contributed by atoms with van der Waals surface area (Å²) in [5, 5.41) is 0. The maximum atomic E-state index is 11.8. The standard InChI is InChI=1S/C17H16N2O4/c1-12-7-5-6-10-14(12)17(22)23-11-15(20)18-19-16(21)13-8-3-2-4-9-13/h2-10H,11H2,1H3,(H,18,20)(H,19,21). The monoisotopic (exact) mass is 312 g/mol. The summed E-state index contributed by atoms with van der Waals surface area (Å²) in [5.41, 5.74) is 5.99. The fourth-order valence-corrected chi connectivity index (χ4v) is 1.84. The maximum absolute atomic E-state index is 11.8. The van der Waals surface area contributed by atoms with Crippen molar-refractivity contribution in [2.45, 2.75) is 6.92 Å². The Morgan fingerprint density at radius 1 is 0.913 bits per heavy atom. The molecule has 0 atom stereocenters. The Balaban J connectivity index is 1.78. The van der Waals surface area contributed by atoms with Crippen molar-refractivity contribution in [1.82, 2.24) is 10.9 Å². The number of amides is 2. The van der Waals surface area contributed by atoms with E-state index >= 15 is 0 Å². The van der Waals surface area contributed by atoms with E-state index < -0.39 is 24.4 Å². The summed E-state index contributed by atoms with van der Waals surface area (Å²) in [4.78, 5) is 35.2. The van der Waals surface area contributed by atoms with Gasteiger partial charge in [0, 0.05) is 5.56 Å². The van der Waals surface area contributed by atoms with Gasteiger partial charge >= 0.3 is 5.97 Å². The smallest absolute Gasteiger partial charge is 0.338 e. The van der Waals surface area contributed by atoms with Crippen LogP contribution in [0.5, 0.6) is 0 Å². The first kappa shape index (κ1) is 16.2. The van der Waals surface area contributed by atoms with Gasteiger partial charge in [0.25, 0.3) is 11.8 Å². The third-order valence-corrected chi connectivity index (χ3v) is 3.05. The minimum Gasteiger partial charge on any atom is -0.452 e. The van der Waals surface area contributed by atoms with Crippen LogP contribution in [-0.2, 0) is 9.53 Å². The SMILES string of the molecule is Cc1ccccc1C(=O)OCC(=O)NNC(=O)c1ccccc1. The van der Waals surface area contributed by atoms with Gasteiger partial charge < -0.3 is 4.74 Å². The second kappa shape index (κ2) is 7.74. The summed E-state index contributed by atoms with van der Waals surface area (Å²) in [6, 6.07) is 15.3. The summed E-state index contributed by atoms with van der Waals surface area (Å²) in [6.45, 7) is 1.29. The van der Waals surface area contributed by atoms with Crippen molar-refractivity contribution in [3.8, 4) is 0 Å². The highest BCUT2D eigenvalue weighted by molar-refractivity contribution is 5.96. The van der Waals surface area contributed by atoms with E-state index in [0.717, 1.165) is 5.56 Å². The lowest BCUT2D eigenvalue weighted by Crippen LogP contribution is -2.43. The lowest BCUT2D eigenvalue weighted by Gasteiger charge is -2.09. The Morgan fingerprint density at radius 2 is 1.57 bits per heavy atom. The first-order chi connectivity index (χ1) is 11.1. The van der Waals surface area contributed by atoms with Gasteiger partial charge in [-0.2, -0.15) is 0 Å². The molecule has 0 saturated heterocycles. The lowest BCUT2D eigenvalue weighted by molar-refractivity contribution is -0.125. The lowest BCUT2D eigenvalue weighted by atomic mass is 10.1. The molecule has 2 amide bonds. The number of carbonyl (C=O) groups excluding carboxylic acids is 3. The van der Waals surface area contributed by atoms with Crippen LogP contribution >= 0.6 is 0 Å². The van der Waals surface area contributed by atoms with Gasteiger partial charge in [0.2, 0.25) is 0 Å². The van der Waals surface area contributed by atoms with Gasteiger partial charge in [-0.15, -0.1) is 0 Å². The van der Waals surface area contributed by atoms with Crippen LogP contribution < -0.4 is 10.9 Å². The number of hydrogen-bond donors (Lipinski definition) is 2. The molecule has 0 aromatic heterocycles. The highest BCUT2D eigenvalue weighted by atomic mass is 16.5. The van der Waals surface area contributed by atoms with E-state index in [1.165, 1.54) is 0 Å². The number of hydrazine groups is 1. The van der Waals surface area contributed by atoms with Crippen molar-refractivity contribution < 1.29 is 19.1 Å². The molecule has 0 aliphatic heterocycles. The number of esters is 1. The zero-order chi connectivity index (χ0) is 16.7. The molecular formula is C17H16N2O4. The van der Waals surface area contributed by atoms with Crippen LogP contribution in [0.25, 0.3) is 0 Å². The average molecular weight is 312 g/mol. The largest absolute Gasteiger partial charge is 0.452 e. The molecule has 0 fully saturated rings. The Labute approximate surface area is 133 Å². The van der Waals surface area contributed by atoms with Gasteiger partial charge in [0.1, 0.15) is 0 Å². The van der Waals surface area contributed by atoms with Crippen molar-refractivity contribution in [3.05, 3.63) is 71.3 Å². The quantitative estimate of drug-likeness (QED) is 0.663. The predicted molar refractivity (Wildman–Crippen MR) is 83.5 cm³/mol. The Kier molecular flexibility index (Phi) is 5.46. The van der Waals surface area contributed by atoms with Crippen LogP contribution in [0.1, 0.15) is 26.3 Å². The van der Waals surface area contributed by atoms with E-state index in [2.05, 4.69) is 10.9 Å². The third kappa shape index (κ3) is 4.67. The second-order valence-corrected chi connectivity index (χ2v) is 4.76. The number of carbonyl (C=O) groups is 3. The highest BCUT2D eigenvalue weighted by Gasteiger charge is 2.12. The molecule has 0 bridgehead atoms. The van der Waals surface area contributed by atoms with Crippen molar-refractivity contribution >= 4 is 17.8 Å². The number of aryl methyl sites for hydroxylation is 1. The van der Waals surface area contributed by atoms with E-state index in [1.54, 1.807) is 61.5 Å². The molecule has 0 saturated carbocycles. The molecule has 0 aliphatic rings. The zero-order valence-corrected chi connectivity index (χ0v) is 12.5. The average Bonchev–Trinajstić information content (AvgIpc) is 2.58. The predicted octanol–water partition coefficient (Wildman–Crippen LogP) is 1.61. The Hall–Kier alpha value is -3.15. The second-order valence-electron chi connectivity index (χ2n) is 4.76. The van der Waals surface area contributed by atoms with Gasteiger partial charge in [-0.25, -0.2) is 4.79 Å². The third-order valence-electron chi connectivity index (χ3n) is 3.05. The van der Waals surface area contributed by atoms with E-state index in [-0.39, 0.29) is 0 Å². The van der Waals surface area contributed by atoms with Crippen molar-refractivity contribution in [2.75, 3.05) is 6.61 Å². The van der Waals surface area contributed by atoms with Crippen LogP contribution in [0.4, 0.5) is 0 Å². The molecule has 0 unspecified atom stereocenters. The van der Waals surface area contributed by atoms with Crippen molar-refractivity contribution in [1.29, 1.82) is 0 Å². The van der Waals surface area contributed by atoms with E-state index in [1.807, 2.05) is 0 Å². The van der Waals surface area contributed by atoms with Gasteiger partial charge in [0.05, 0.1) is 5.56 Å². The van der Waals surface area contributed by atoms with Crippen molar-refractivity contribution in [2.24, 2.45) is 0 Å². The molecule has 118 valence electrons. The van der Waals surface area contributed by atoms with Crippen LogP contribution in [-0.4, -0.2) is 24.4 Å². The van der Waals surface area contributed by atoms with E-state index in [4.69, 9.17) is 4.74 Å². The number of ether oxygens (including phenoxy) is 1. The summed E-state index contributed by atoms with van der Waals surface area (Å²) in [5.74, 6) is -1.67. The molecule has 2 rings (SSSR count). The summed E-state index contributed by atoms with van der Waals surface area (Å²) in [6.07, 6.45) is 0. The molecule has 2 aromatic carbocycles. The molecule has 2 N–H and O–H groups in total. The van der Waals surface area contributed by atoms with Gasteiger partial charge in [-0.3, -0.25) is 20.4 Å². The van der Waals surface area contributed by atoms with Crippen LogP contribution in [0.15, 0.2) is 54.6 Å². The fourth-order valence-electron chi connectivity index (χ4n) is 1.84. The number of hydrogen-bond acceptors (Lipinski definition) is 4. The van der Waals surface area contributed by atoms with Crippen LogP contribution in [0.3, 0.4) is 0 Å². The first-order valence-corrected chi connectivity index (χ1v) is 6.95. The molecule has 0 radical (unpaired) electrons.